The lowest BCUT2D eigenvalue weighted by Crippen LogP contribution is -2.53. The first-order chi connectivity index (χ1) is 15.7. The zero-order valence-electron chi connectivity index (χ0n) is 18.5. The van der Waals surface area contributed by atoms with Gasteiger partial charge in [0.1, 0.15) is 11.8 Å². The highest BCUT2D eigenvalue weighted by molar-refractivity contribution is 5.87. The lowest BCUT2D eigenvalue weighted by atomic mass is 9.96. The minimum Gasteiger partial charge on any atom is -0.492 e. The molecule has 0 saturated carbocycles. The van der Waals surface area contributed by atoms with E-state index in [0.717, 1.165) is 44.0 Å². The molecule has 2 aliphatic heterocycles. The van der Waals surface area contributed by atoms with Crippen molar-refractivity contribution < 1.29 is 9.53 Å². The van der Waals surface area contributed by atoms with E-state index < -0.39 is 0 Å². The molecule has 2 saturated heterocycles. The third kappa shape index (κ3) is 4.04. The van der Waals surface area contributed by atoms with Crippen LogP contribution in [0.5, 0.6) is 5.75 Å². The molecule has 0 aromatic heterocycles. The molecule has 2 fully saturated rings. The van der Waals surface area contributed by atoms with Gasteiger partial charge >= 0.3 is 0 Å². The molecular weight excluding hydrogens is 400 g/mol. The van der Waals surface area contributed by atoms with E-state index in [9.17, 15) is 4.79 Å². The van der Waals surface area contributed by atoms with Crippen molar-refractivity contribution >= 4 is 22.4 Å². The smallest absolute Gasteiger partial charge is 0.241 e. The minimum atomic E-state index is -0.207. The van der Waals surface area contributed by atoms with Gasteiger partial charge in [0.05, 0.1) is 12.3 Å². The third-order valence-corrected chi connectivity index (χ3v) is 6.50. The van der Waals surface area contributed by atoms with Crippen LogP contribution in [0.25, 0.3) is 10.8 Å². The number of rotatable bonds is 5. The molecule has 3 aromatic carbocycles. The van der Waals surface area contributed by atoms with Crippen LogP contribution in [-0.4, -0.2) is 49.6 Å². The second-order valence-electron chi connectivity index (χ2n) is 8.41. The first-order valence-electron chi connectivity index (χ1n) is 11.5. The number of piperazine rings is 1. The Morgan fingerprint density at radius 2 is 1.69 bits per heavy atom. The summed E-state index contributed by atoms with van der Waals surface area (Å²) in [6, 6.07) is 22.9. The van der Waals surface area contributed by atoms with Gasteiger partial charge in [-0.2, -0.15) is 0 Å². The minimum absolute atomic E-state index is 0.120. The average Bonchev–Trinajstić information content (AvgIpc) is 3.34. The molecule has 0 radical (unpaired) electrons. The first kappa shape index (κ1) is 20.8. The topological polar surface area (TPSA) is 56.8 Å². The van der Waals surface area contributed by atoms with Crippen molar-refractivity contribution in [1.82, 2.24) is 15.8 Å². The number of ether oxygens (including phenoxy) is 1. The molecule has 2 aliphatic rings. The number of para-hydroxylation sites is 2. The number of hydrogen-bond donors (Lipinski definition) is 2. The van der Waals surface area contributed by atoms with Gasteiger partial charge in [-0.15, -0.1) is 0 Å². The number of anilines is 1. The van der Waals surface area contributed by atoms with Crippen molar-refractivity contribution in [1.29, 1.82) is 0 Å². The molecule has 6 heteroatoms. The summed E-state index contributed by atoms with van der Waals surface area (Å²) in [6.45, 7) is 5.70. The summed E-state index contributed by atoms with van der Waals surface area (Å²) in [6.07, 6.45) is 0.750. The highest BCUT2D eigenvalue weighted by Gasteiger charge is 2.34. The summed E-state index contributed by atoms with van der Waals surface area (Å²) in [5.74, 6) is 1.09. The molecular formula is C26H30N4O2. The van der Waals surface area contributed by atoms with Gasteiger partial charge in [0, 0.05) is 32.2 Å². The highest BCUT2D eigenvalue weighted by atomic mass is 16.5. The second-order valence-corrected chi connectivity index (χ2v) is 8.41. The molecule has 6 nitrogen and oxygen atoms in total. The maximum absolute atomic E-state index is 13.2. The number of nitrogens with one attached hydrogen (secondary N) is 2. The number of nitrogens with zero attached hydrogens (tertiary/aromatic N) is 2. The van der Waals surface area contributed by atoms with E-state index in [1.165, 1.54) is 16.3 Å². The van der Waals surface area contributed by atoms with Crippen LogP contribution in [-0.2, 0) is 4.79 Å². The predicted molar refractivity (Wildman–Crippen MR) is 128 cm³/mol. The fourth-order valence-electron chi connectivity index (χ4n) is 4.86. The average molecular weight is 431 g/mol. The molecule has 2 heterocycles. The summed E-state index contributed by atoms with van der Waals surface area (Å²) in [5, 5.41) is 2.47. The number of hydrazine groups is 1. The van der Waals surface area contributed by atoms with Gasteiger partial charge in [0.2, 0.25) is 5.91 Å². The summed E-state index contributed by atoms with van der Waals surface area (Å²) < 4.78 is 5.79. The Kier molecular flexibility index (Phi) is 5.97. The zero-order valence-corrected chi connectivity index (χ0v) is 18.5. The molecule has 0 aliphatic carbocycles. The Morgan fingerprint density at radius 3 is 2.53 bits per heavy atom. The number of benzene rings is 3. The Balaban J connectivity index is 1.22. The van der Waals surface area contributed by atoms with E-state index in [-0.39, 0.29) is 18.0 Å². The van der Waals surface area contributed by atoms with Crippen LogP contribution in [0.2, 0.25) is 0 Å². The molecule has 2 atom stereocenters. The standard InChI is InChI=1S/C26H30N4O2/c1-2-32-25-13-6-5-12-24(25)29-14-16-30(17-15-29)26(31)23-18-22(27-28-23)21-11-7-9-19-8-3-4-10-20(19)21/h3-13,22-23,27-28H,2,14-18H2,1H3. The van der Waals surface area contributed by atoms with Gasteiger partial charge in [0.25, 0.3) is 0 Å². The molecule has 166 valence electrons. The Morgan fingerprint density at radius 1 is 0.938 bits per heavy atom. The van der Waals surface area contributed by atoms with Gasteiger partial charge in [-0.05, 0) is 41.8 Å². The maximum Gasteiger partial charge on any atom is 0.241 e. The fraction of sp³-hybridized carbons (Fsp3) is 0.346. The first-order valence-corrected chi connectivity index (χ1v) is 11.5. The third-order valence-electron chi connectivity index (χ3n) is 6.50. The number of carbonyl (C=O) groups excluding carboxylic acids is 1. The van der Waals surface area contributed by atoms with E-state index in [2.05, 4.69) is 64.3 Å². The quantitative estimate of drug-likeness (QED) is 0.649. The number of fused-ring (bicyclic) bond motifs is 1. The van der Waals surface area contributed by atoms with Crippen LogP contribution in [0.15, 0.2) is 66.7 Å². The molecule has 3 aromatic rings. The van der Waals surface area contributed by atoms with Crippen molar-refractivity contribution in [3.8, 4) is 5.75 Å². The van der Waals surface area contributed by atoms with Crippen LogP contribution in [0.3, 0.4) is 0 Å². The van der Waals surface area contributed by atoms with Crippen molar-refractivity contribution in [2.24, 2.45) is 0 Å². The molecule has 2 unspecified atom stereocenters. The van der Waals surface area contributed by atoms with Crippen LogP contribution < -0.4 is 20.5 Å². The molecule has 0 bridgehead atoms. The van der Waals surface area contributed by atoms with Crippen molar-refractivity contribution in [2.75, 3.05) is 37.7 Å². The van der Waals surface area contributed by atoms with E-state index in [1.54, 1.807) is 0 Å². The molecule has 32 heavy (non-hydrogen) atoms. The van der Waals surface area contributed by atoms with Crippen molar-refractivity contribution in [2.45, 2.75) is 25.4 Å². The summed E-state index contributed by atoms with van der Waals surface area (Å²) in [4.78, 5) is 17.5. The summed E-state index contributed by atoms with van der Waals surface area (Å²) >= 11 is 0. The number of amides is 1. The second kappa shape index (κ2) is 9.18. The van der Waals surface area contributed by atoms with Gasteiger partial charge in [-0.1, -0.05) is 54.6 Å². The fourth-order valence-corrected chi connectivity index (χ4v) is 4.86. The largest absolute Gasteiger partial charge is 0.492 e. The van der Waals surface area contributed by atoms with Gasteiger partial charge < -0.3 is 14.5 Å². The summed E-state index contributed by atoms with van der Waals surface area (Å²) in [5.41, 5.74) is 8.98. The molecule has 2 N–H and O–H groups in total. The van der Waals surface area contributed by atoms with Gasteiger partial charge in [-0.3, -0.25) is 4.79 Å². The molecule has 1 amide bonds. The maximum atomic E-state index is 13.2. The van der Waals surface area contributed by atoms with Gasteiger partial charge in [-0.25, -0.2) is 10.9 Å². The lowest BCUT2D eigenvalue weighted by molar-refractivity contribution is -0.133. The van der Waals surface area contributed by atoms with Crippen LogP contribution >= 0.6 is 0 Å². The van der Waals surface area contributed by atoms with E-state index in [4.69, 9.17) is 4.74 Å². The molecule has 0 spiro atoms. The number of hydrogen-bond acceptors (Lipinski definition) is 5. The normalized spacial score (nSPS) is 21.2. The molecule has 5 rings (SSSR count). The lowest BCUT2D eigenvalue weighted by Gasteiger charge is -2.37. The monoisotopic (exact) mass is 430 g/mol. The van der Waals surface area contributed by atoms with E-state index >= 15 is 0 Å². The van der Waals surface area contributed by atoms with Crippen LogP contribution in [0.4, 0.5) is 5.69 Å². The van der Waals surface area contributed by atoms with Crippen molar-refractivity contribution in [3.05, 3.63) is 72.3 Å². The number of carbonyl (C=O) groups is 1. The Hall–Kier alpha value is -3.09. The predicted octanol–water partition coefficient (Wildman–Crippen LogP) is 3.49. The van der Waals surface area contributed by atoms with E-state index in [0.29, 0.717) is 6.61 Å². The highest BCUT2D eigenvalue weighted by Crippen LogP contribution is 2.31. The van der Waals surface area contributed by atoms with E-state index in [1.807, 2.05) is 30.0 Å². The summed E-state index contributed by atoms with van der Waals surface area (Å²) in [7, 11) is 0. The Labute approximate surface area is 189 Å². The Bertz CT molecular complexity index is 1090. The SMILES string of the molecule is CCOc1ccccc1N1CCN(C(=O)C2CC(c3cccc4ccccc34)NN2)CC1. The van der Waals surface area contributed by atoms with Crippen LogP contribution in [0.1, 0.15) is 24.9 Å². The zero-order chi connectivity index (χ0) is 21.9. The van der Waals surface area contributed by atoms with Gasteiger partial charge in [0.15, 0.2) is 0 Å². The van der Waals surface area contributed by atoms with Crippen LogP contribution in [0, 0.1) is 0 Å². The van der Waals surface area contributed by atoms with Crippen molar-refractivity contribution in [3.63, 3.8) is 0 Å².